The van der Waals surface area contributed by atoms with Crippen LogP contribution in [0, 0.1) is 5.82 Å². The molecule has 0 spiro atoms. The highest BCUT2D eigenvalue weighted by molar-refractivity contribution is 7.09. The van der Waals surface area contributed by atoms with E-state index in [1.807, 2.05) is 13.1 Å². The van der Waals surface area contributed by atoms with Gasteiger partial charge >= 0.3 is 0 Å². The molecule has 0 aliphatic carbocycles. The molecule has 0 aliphatic heterocycles. The van der Waals surface area contributed by atoms with Crippen molar-refractivity contribution in [3.05, 3.63) is 45.7 Å². The standard InChI is InChI=1S/C15H19FN2OS/c1-9(2)12-8-20-15(18-12)14(17-3)10-5-6-13(19-4)11(16)7-10/h5-9,14,17H,1-4H3. The van der Waals surface area contributed by atoms with Gasteiger partial charge in [-0.3, -0.25) is 0 Å². The summed E-state index contributed by atoms with van der Waals surface area (Å²) in [5.74, 6) is 0.293. The quantitative estimate of drug-likeness (QED) is 0.912. The summed E-state index contributed by atoms with van der Waals surface area (Å²) in [6.07, 6.45) is 0. The number of methoxy groups -OCH3 is 1. The minimum Gasteiger partial charge on any atom is -0.494 e. The molecule has 1 aromatic heterocycles. The second-order valence-electron chi connectivity index (χ2n) is 4.88. The third-order valence-corrected chi connectivity index (χ3v) is 4.10. The lowest BCUT2D eigenvalue weighted by atomic mass is 10.1. The van der Waals surface area contributed by atoms with E-state index in [9.17, 15) is 4.39 Å². The van der Waals surface area contributed by atoms with Gasteiger partial charge in [0.25, 0.3) is 0 Å². The lowest BCUT2D eigenvalue weighted by Gasteiger charge is -2.15. The van der Waals surface area contributed by atoms with Crippen LogP contribution in [0.25, 0.3) is 0 Å². The molecule has 1 atom stereocenters. The fourth-order valence-corrected chi connectivity index (χ4v) is 3.11. The van der Waals surface area contributed by atoms with E-state index in [2.05, 4.69) is 29.5 Å². The van der Waals surface area contributed by atoms with Crippen molar-refractivity contribution in [1.82, 2.24) is 10.3 Å². The van der Waals surface area contributed by atoms with E-state index in [0.717, 1.165) is 16.3 Å². The van der Waals surface area contributed by atoms with Gasteiger partial charge in [-0.2, -0.15) is 0 Å². The normalized spacial score (nSPS) is 12.7. The highest BCUT2D eigenvalue weighted by atomic mass is 32.1. The molecule has 0 saturated heterocycles. The number of hydrogen-bond acceptors (Lipinski definition) is 4. The van der Waals surface area contributed by atoms with Crippen LogP contribution in [0.2, 0.25) is 0 Å². The molecule has 0 aliphatic rings. The van der Waals surface area contributed by atoms with E-state index in [0.29, 0.717) is 5.92 Å². The van der Waals surface area contributed by atoms with E-state index < -0.39 is 0 Å². The topological polar surface area (TPSA) is 34.1 Å². The van der Waals surface area contributed by atoms with Crippen LogP contribution in [-0.4, -0.2) is 19.1 Å². The minimum absolute atomic E-state index is 0.104. The maximum Gasteiger partial charge on any atom is 0.165 e. The van der Waals surface area contributed by atoms with Crippen molar-refractivity contribution in [2.75, 3.05) is 14.2 Å². The van der Waals surface area contributed by atoms with Crippen molar-refractivity contribution in [2.45, 2.75) is 25.8 Å². The Labute approximate surface area is 122 Å². The molecular formula is C15H19FN2OS. The van der Waals surface area contributed by atoms with Crippen LogP contribution >= 0.6 is 11.3 Å². The van der Waals surface area contributed by atoms with Crippen LogP contribution in [0.1, 0.15) is 42.1 Å². The van der Waals surface area contributed by atoms with Crippen molar-refractivity contribution in [2.24, 2.45) is 0 Å². The summed E-state index contributed by atoms with van der Waals surface area (Å²) in [6.45, 7) is 4.22. The molecule has 0 fully saturated rings. The van der Waals surface area contributed by atoms with Crippen molar-refractivity contribution in [3.63, 3.8) is 0 Å². The molecular weight excluding hydrogens is 275 g/mol. The van der Waals surface area contributed by atoms with Crippen molar-refractivity contribution in [3.8, 4) is 5.75 Å². The van der Waals surface area contributed by atoms with Crippen molar-refractivity contribution in [1.29, 1.82) is 0 Å². The lowest BCUT2D eigenvalue weighted by Crippen LogP contribution is -2.17. The zero-order chi connectivity index (χ0) is 14.7. The molecule has 1 unspecified atom stereocenters. The number of ether oxygens (including phenoxy) is 1. The molecule has 20 heavy (non-hydrogen) atoms. The van der Waals surface area contributed by atoms with Gasteiger partial charge in [0.05, 0.1) is 18.8 Å². The monoisotopic (exact) mass is 294 g/mol. The number of benzene rings is 1. The van der Waals surface area contributed by atoms with Gasteiger partial charge in [-0.1, -0.05) is 19.9 Å². The van der Waals surface area contributed by atoms with Gasteiger partial charge < -0.3 is 10.1 Å². The van der Waals surface area contributed by atoms with Crippen LogP contribution in [0.3, 0.4) is 0 Å². The van der Waals surface area contributed by atoms with E-state index in [4.69, 9.17) is 4.74 Å². The molecule has 0 amide bonds. The number of aromatic nitrogens is 1. The molecule has 0 saturated carbocycles. The summed E-state index contributed by atoms with van der Waals surface area (Å²) in [5, 5.41) is 6.20. The summed E-state index contributed by atoms with van der Waals surface area (Å²) in [6, 6.07) is 4.90. The zero-order valence-corrected chi connectivity index (χ0v) is 12.9. The first-order valence-electron chi connectivity index (χ1n) is 6.52. The van der Waals surface area contributed by atoms with Crippen LogP contribution < -0.4 is 10.1 Å². The second kappa shape index (κ2) is 6.33. The SMILES string of the molecule is CNC(c1ccc(OC)c(F)c1)c1nc(C(C)C)cs1. The van der Waals surface area contributed by atoms with E-state index in [-0.39, 0.29) is 17.6 Å². The number of thiazole rings is 1. The molecule has 1 aromatic carbocycles. The Morgan fingerprint density at radius 3 is 2.60 bits per heavy atom. The van der Waals surface area contributed by atoms with Crippen molar-refractivity contribution < 1.29 is 9.13 Å². The van der Waals surface area contributed by atoms with E-state index >= 15 is 0 Å². The summed E-state index contributed by atoms with van der Waals surface area (Å²) < 4.78 is 18.8. The number of rotatable bonds is 5. The largest absolute Gasteiger partial charge is 0.494 e. The predicted molar refractivity (Wildman–Crippen MR) is 80.1 cm³/mol. The number of hydrogen-bond donors (Lipinski definition) is 1. The van der Waals surface area contributed by atoms with Gasteiger partial charge in [0.1, 0.15) is 5.01 Å². The van der Waals surface area contributed by atoms with E-state index in [1.165, 1.54) is 13.2 Å². The summed E-state index contributed by atoms with van der Waals surface area (Å²) >= 11 is 1.59. The van der Waals surface area contributed by atoms with Gasteiger partial charge in [0, 0.05) is 5.38 Å². The van der Waals surface area contributed by atoms with Gasteiger partial charge in [0.2, 0.25) is 0 Å². The smallest absolute Gasteiger partial charge is 0.165 e. The van der Waals surface area contributed by atoms with Crippen LogP contribution in [0.5, 0.6) is 5.75 Å². The molecule has 2 rings (SSSR count). The zero-order valence-electron chi connectivity index (χ0n) is 12.1. The summed E-state index contributed by atoms with van der Waals surface area (Å²) in [7, 11) is 3.31. The third kappa shape index (κ3) is 2.99. The van der Waals surface area contributed by atoms with E-state index in [1.54, 1.807) is 17.4 Å². The van der Waals surface area contributed by atoms with Crippen LogP contribution in [0.15, 0.2) is 23.6 Å². The highest BCUT2D eigenvalue weighted by Gasteiger charge is 2.18. The first-order chi connectivity index (χ1) is 9.56. The predicted octanol–water partition coefficient (Wildman–Crippen LogP) is 3.72. The molecule has 5 heteroatoms. The molecule has 1 heterocycles. The lowest BCUT2D eigenvalue weighted by molar-refractivity contribution is 0.386. The second-order valence-corrected chi connectivity index (χ2v) is 5.77. The van der Waals surface area contributed by atoms with Gasteiger partial charge in [-0.25, -0.2) is 9.37 Å². The third-order valence-electron chi connectivity index (χ3n) is 3.18. The first kappa shape index (κ1) is 14.9. The average Bonchev–Trinajstić information content (AvgIpc) is 2.89. The van der Waals surface area contributed by atoms with Crippen LogP contribution in [-0.2, 0) is 0 Å². The van der Waals surface area contributed by atoms with Gasteiger partial charge in [-0.05, 0) is 30.7 Å². The fourth-order valence-electron chi connectivity index (χ4n) is 1.99. The molecule has 108 valence electrons. The van der Waals surface area contributed by atoms with Crippen LogP contribution in [0.4, 0.5) is 4.39 Å². The van der Waals surface area contributed by atoms with Gasteiger partial charge in [0.15, 0.2) is 11.6 Å². The Bertz CT molecular complexity index is 583. The molecule has 3 nitrogen and oxygen atoms in total. The average molecular weight is 294 g/mol. The molecule has 1 N–H and O–H groups in total. The van der Waals surface area contributed by atoms with Gasteiger partial charge in [-0.15, -0.1) is 11.3 Å². The number of nitrogens with one attached hydrogen (secondary N) is 1. The maximum absolute atomic E-state index is 13.8. The summed E-state index contributed by atoms with van der Waals surface area (Å²) in [5.41, 5.74) is 1.91. The van der Waals surface area contributed by atoms with Crippen molar-refractivity contribution >= 4 is 11.3 Å². The Hall–Kier alpha value is -1.46. The fraction of sp³-hybridized carbons (Fsp3) is 0.400. The minimum atomic E-state index is -0.356. The number of nitrogens with zero attached hydrogens (tertiary/aromatic N) is 1. The molecule has 0 bridgehead atoms. The Kier molecular flexibility index (Phi) is 4.73. The Morgan fingerprint density at radius 1 is 1.35 bits per heavy atom. The summed E-state index contributed by atoms with van der Waals surface area (Å²) in [4.78, 5) is 4.63. The number of halogens is 1. The maximum atomic E-state index is 13.8. The molecule has 2 aromatic rings. The highest BCUT2D eigenvalue weighted by Crippen LogP contribution is 2.29. The first-order valence-corrected chi connectivity index (χ1v) is 7.40. The Morgan fingerprint density at radius 2 is 2.10 bits per heavy atom. The Balaban J connectivity index is 2.33. The molecule has 0 radical (unpaired) electrons.